The van der Waals surface area contributed by atoms with Crippen molar-refractivity contribution < 1.29 is 9.53 Å². The summed E-state index contributed by atoms with van der Waals surface area (Å²) in [6.07, 6.45) is 2.73. The number of fused-ring (bicyclic) bond motifs is 3. The predicted octanol–water partition coefficient (Wildman–Crippen LogP) is 4.67. The minimum absolute atomic E-state index is 0.423. The summed E-state index contributed by atoms with van der Waals surface area (Å²) in [5, 5.41) is 12.9. The second kappa shape index (κ2) is 8.83. The quantitative estimate of drug-likeness (QED) is 0.424. The van der Waals surface area contributed by atoms with Crippen LogP contribution in [0.15, 0.2) is 53.8 Å². The van der Waals surface area contributed by atoms with E-state index in [0.717, 1.165) is 44.5 Å². The second-order valence-corrected chi connectivity index (χ2v) is 9.34. The van der Waals surface area contributed by atoms with Gasteiger partial charge in [-0.25, -0.2) is 4.99 Å². The van der Waals surface area contributed by atoms with Crippen molar-refractivity contribution in [1.29, 1.82) is 0 Å². The Labute approximate surface area is 201 Å². The van der Waals surface area contributed by atoms with Gasteiger partial charge in [0.05, 0.1) is 5.71 Å². The van der Waals surface area contributed by atoms with Crippen LogP contribution in [0.4, 0.5) is 5.69 Å². The van der Waals surface area contributed by atoms with E-state index in [1.165, 1.54) is 11.8 Å². The van der Waals surface area contributed by atoms with Gasteiger partial charge in [0.25, 0.3) is 6.23 Å². The molecule has 34 heavy (non-hydrogen) atoms. The van der Waals surface area contributed by atoms with E-state index in [0.29, 0.717) is 12.4 Å². The number of rotatable bonds is 5. The summed E-state index contributed by atoms with van der Waals surface area (Å²) in [6.45, 7) is 8.14. The molecule has 1 aliphatic rings. The number of hydrogen-bond donors (Lipinski definition) is 1. The van der Waals surface area contributed by atoms with E-state index in [4.69, 9.17) is 9.73 Å². The van der Waals surface area contributed by atoms with E-state index in [-0.39, 0.29) is 0 Å². The maximum Gasteiger partial charge on any atom is 0.304 e. The second-order valence-electron chi connectivity index (χ2n) is 8.14. The van der Waals surface area contributed by atoms with Crippen molar-refractivity contribution in [2.45, 2.75) is 40.5 Å². The van der Waals surface area contributed by atoms with Gasteiger partial charge in [0, 0.05) is 47.6 Å². The van der Waals surface area contributed by atoms with Gasteiger partial charge in [0.15, 0.2) is 0 Å². The van der Waals surface area contributed by atoms with Gasteiger partial charge in [0.1, 0.15) is 10.8 Å². The summed E-state index contributed by atoms with van der Waals surface area (Å²) in [7, 11) is 0. The molecule has 5 rings (SSSR count). The standard InChI is InChI=1S/C25H24N6O2S/c1-14-15(2)34-25-21(14)22(28-24(33-17(4)32)23-30-29-16(3)31(23)25)19-7-9-20(10-8-19)27-13-18-6-5-11-26-12-18/h5-12,24,27H,13H2,1-4H3/t24-/m0/s1. The molecule has 4 heterocycles. The fourth-order valence-electron chi connectivity index (χ4n) is 3.98. The van der Waals surface area contributed by atoms with Crippen LogP contribution in [0.25, 0.3) is 5.00 Å². The largest absolute Gasteiger partial charge is 0.432 e. The maximum atomic E-state index is 11.9. The number of benzene rings is 1. The number of anilines is 1. The smallest absolute Gasteiger partial charge is 0.304 e. The lowest BCUT2D eigenvalue weighted by Crippen LogP contribution is -2.12. The number of carbonyl (C=O) groups excluding carboxylic acids is 1. The topological polar surface area (TPSA) is 94.3 Å². The normalized spacial score (nSPS) is 14.6. The summed E-state index contributed by atoms with van der Waals surface area (Å²) in [5.74, 6) is 0.800. The molecule has 1 N–H and O–H groups in total. The molecule has 172 valence electrons. The van der Waals surface area contributed by atoms with Gasteiger partial charge in [0.2, 0.25) is 5.82 Å². The molecule has 3 aromatic heterocycles. The summed E-state index contributed by atoms with van der Waals surface area (Å²) < 4.78 is 7.53. The molecule has 0 fully saturated rings. The van der Waals surface area contributed by atoms with Crippen molar-refractivity contribution in [3.63, 3.8) is 0 Å². The van der Waals surface area contributed by atoms with Gasteiger partial charge in [-0.15, -0.1) is 21.5 Å². The molecule has 1 aromatic carbocycles. The van der Waals surface area contributed by atoms with E-state index in [2.05, 4.69) is 34.3 Å². The van der Waals surface area contributed by atoms with Gasteiger partial charge < -0.3 is 10.1 Å². The summed E-state index contributed by atoms with van der Waals surface area (Å²) in [6, 6.07) is 12.1. The van der Waals surface area contributed by atoms with Crippen LogP contribution in [-0.2, 0) is 16.1 Å². The summed E-state index contributed by atoms with van der Waals surface area (Å²) >= 11 is 1.66. The summed E-state index contributed by atoms with van der Waals surface area (Å²) in [4.78, 5) is 22.1. The third kappa shape index (κ3) is 3.99. The molecular weight excluding hydrogens is 448 g/mol. The number of thiophene rings is 1. The molecule has 9 heteroatoms. The van der Waals surface area contributed by atoms with Crippen molar-refractivity contribution in [1.82, 2.24) is 19.7 Å². The van der Waals surface area contributed by atoms with E-state index >= 15 is 0 Å². The molecule has 0 saturated carbocycles. The molecule has 0 aliphatic carbocycles. The minimum atomic E-state index is -0.878. The van der Waals surface area contributed by atoms with Gasteiger partial charge >= 0.3 is 5.97 Å². The van der Waals surface area contributed by atoms with Crippen molar-refractivity contribution in [3.05, 3.63) is 87.6 Å². The Morgan fingerprint density at radius 3 is 2.65 bits per heavy atom. The molecule has 1 atom stereocenters. The maximum absolute atomic E-state index is 11.9. The molecule has 0 amide bonds. The van der Waals surface area contributed by atoms with Gasteiger partial charge in [-0.05, 0) is 50.1 Å². The van der Waals surface area contributed by atoms with Crippen molar-refractivity contribution >= 4 is 28.7 Å². The van der Waals surface area contributed by atoms with E-state index in [9.17, 15) is 4.79 Å². The molecule has 1 aliphatic heterocycles. The highest BCUT2D eigenvalue weighted by atomic mass is 32.1. The molecule has 0 spiro atoms. The number of aliphatic imine (C=N–C) groups is 1. The van der Waals surface area contributed by atoms with Crippen molar-refractivity contribution in [2.24, 2.45) is 4.99 Å². The van der Waals surface area contributed by atoms with Crippen LogP contribution in [0.1, 0.15) is 51.9 Å². The van der Waals surface area contributed by atoms with Gasteiger partial charge in [-0.2, -0.15) is 0 Å². The Morgan fingerprint density at radius 2 is 1.94 bits per heavy atom. The average molecular weight is 473 g/mol. The van der Waals surface area contributed by atoms with Crippen molar-refractivity contribution in [2.75, 3.05) is 5.32 Å². The van der Waals surface area contributed by atoms with Crippen LogP contribution in [0.2, 0.25) is 0 Å². The highest BCUT2D eigenvalue weighted by Gasteiger charge is 2.32. The van der Waals surface area contributed by atoms with Gasteiger partial charge in [-0.3, -0.25) is 14.3 Å². The molecule has 0 bridgehead atoms. The predicted molar refractivity (Wildman–Crippen MR) is 132 cm³/mol. The molecular formula is C25H24N6O2S. The molecule has 0 radical (unpaired) electrons. The zero-order chi connectivity index (χ0) is 23.8. The first-order valence-corrected chi connectivity index (χ1v) is 11.7. The molecule has 0 saturated heterocycles. The number of aromatic nitrogens is 4. The van der Waals surface area contributed by atoms with Crippen molar-refractivity contribution in [3.8, 4) is 5.00 Å². The number of aryl methyl sites for hydroxylation is 2. The van der Waals surface area contributed by atoms with Crippen LogP contribution in [0.5, 0.6) is 0 Å². The third-order valence-electron chi connectivity index (χ3n) is 5.78. The van der Waals surface area contributed by atoms with Crippen LogP contribution in [0, 0.1) is 20.8 Å². The third-order valence-corrected chi connectivity index (χ3v) is 6.97. The van der Waals surface area contributed by atoms with Crippen LogP contribution in [-0.4, -0.2) is 31.4 Å². The number of nitrogens with zero attached hydrogens (tertiary/aromatic N) is 5. The number of hydrogen-bond acceptors (Lipinski definition) is 8. The zero-order valence-electron chi connectivity index (χ0n) is 19.4. The molecule has 0 unspecified atom stereocenters. The van der Waals surface area contributed by atoms with E-state index < -0.39 is 12.2 Å². The number of ether oxygens (including phenoxy) is 1. The highest BCUT2D eigenvalue weighted by molar-refractivity contribution is 7.15. The van der Waals surface area contributed by atoms with Gasteiger partial charge in [-0.1, -0.05) is 18.2 Å². The Morgan fingerprint density at radius 1 is 1.15 bits per heavy atom. The van der Waals surface area contributed by atoms with Crippen LogP contribution in [0.3, 0.4) is 0 Å². The fraction of sp³-hybridized carbons (Fsp3) is 0.240. The highest BCUT2D eigenvalue weighted by Crippen LogP contribution is 2.39. The number of esters is 1. The summed E-state index contributed by atoms with van der Waals surface area (Å²) in [5.41, 5.74) is 5.95. The Kier molecular flexibility index (Phi) is 5.70. The average Bonchev–Trinajstić information content (AvgIpc) is 3.31. The number of carbonyl (C=O) groups is 1. The van der Waals surface area contributed by atoms with E-state index in [1.54, 1.807) is 17.5 Å². The Bertz CT molecular complexity index is 1390. The lowest BCUT2D eigenvalue weighted by molar-refractivity contribution is -0.146. The van der Waals surface area contributed by atoms with E-state index in [1.807, 2.05) is 54.1 Å². The number of nitrogens with one attached hydrogen (secondary N) is 1. The lowest BCUT2D eigenvalue weighted by atomic mass is 9.99. The SMILES string of the molecule is CC(=O)O[C@@H]1N=C(c2ccc(NCc3cccnc3)cc2)c2c(sc(C)c2C)-n2c(C)nnc21. The lowest BCUT2D eigenvalue weighted by Gasteiger charge is -2.13. The van der Waals surface area contributed by atoms with Crippen LogP contribution < -0.4 is 5.32 Å². The number of pyridine rings is 1. The zero-order valence-corrected chi connectivity index (χ0v) is 20.2. The fourth-order valence-corrected chi connectivity index (χ4v) is 5.20. The molecule has 4 aromatic rings. The Hall–Kier alpha value is -3.85. The first-order chi connectivity index (χ1) is 16.4. The first-order valence-electron chi connectivity index (χ1n) is 10.9. The Balaban J connectivity index is 1.56. The first kappa shape index (κ1) is 22.0. The molecule has 8 nitrogen and oxygen atoms in total. The monoisotopic (exact) mass is 472 g/mol. The van der Waals surface area contributed by atoms with Crippen LogP contribution >= 0.6 is 11.3 Å². The minimum Gasteiger partial charge on any atom is -0.432 e.